The van der Waals surface area contributed by atoms with Crippen molar-refractivity contribution in [2.45, 2.75) is 66.1 Å². The van der Waals surface area contributed by atoms with Gasteiger partial charge in [-0.3, -0.25) is 0 Å². The molecular formula is C12H24O. The molecule has 1 fully saturated rings. The van der Waals surface area contributed by atoms with Gasteiger partial charge in [0.05, 0.1) is 11.7 Å². The Hall–Kier alpha value is -0.0400. The zero-order chi connectivity index (χ0) is 10.3. The summed E-state index contributed by atoms with van der Waals surface area (Å²) in [6, 6.07) is 0. The molecule has 1 saturated carbocycles. The molecule has 0 spiro atoms. The van der Waals surface area contributed by atoms with E-state index in [1.807, 2.05) is 0 Å². The summed E-state index contributed by atoms with van der Waals surface area (Å²) in [5, 5.41) is 0. The van der Waals surface area contributed by atoms with Crippen LogP contribution >= 0.6 is 0 Å². The van der Waals surface area contributed by atoms with E-state index in [9.17, 15) is 0 Å². The molecule has 1 aliphatic rings. The van der Waals surface area contributed by atoms with E-state index in [2.05, 4.69) is 41.5 Å². The van der Waals surface area contributed by atoms with Gasteiger partial charge in [0.2, 0.25) is 0 Å². The number of ether oxygens (including phenoxy) is 1. The third-order valence-corrected chi connectivity index (χ3v) is 2.83. The standard InChI is InChI=1S/C12H24O/c1-11(2,3)9-7-8-10(9)13-12(4,5)6/h9-10H,7-8H2,1-6H3. The van der Waals surface area contributed by atoms with Gasteiger partial charge < -0.3 is 4.74 Å². The summed E-state index contributed by atoms with van der Waals surface area (Å²) in [4.78, 5) is 0. The summed E-state index contributed by atoms with van der Waals surface area (Å²) in [6.07, 6.45) is 3.09. The van der Waals surface area contributed by atoms with Gasteiger partial charge in [0.15, 0.2) is 0 Å². The lowest BCUT2D eigenvalue weighted by Gasteiger charge is -2.47. The first kappa shape index (κ1) is 11.0. The Morgan fingerprint density at radius 3 is 1.69 bits per heavy atom. The second kappa shape index (κ2) is 3.27. The van der Waals surface area contributed by atoms with Crippen LogP contribution in [0.5, 0.6) is 0 Å². The fraction of sp³-hybridized carbons (Fsp3) is 1.00. The third kappa shape index (κ3) is 2.98. The molecule has 1 aliphatic carbocycles. The maximum absolute atomic E-state index is 6.01. The molecule has 1 rings (SSSR count). The van der Waals surface area contributed by atoms with E-state index >= 15 is 0 Å². The van der Waals surface area contributed by atoms with Crippen molar-refractivity contribution < 1.29 is 4.74 Å². The van der Waals surface area contributed by atoms with Crippen LogP contribution in [0.2, 0.25) is 0 Å². The van der Waals surface area contributed by atoms with Gasteiger partial charge >= 0.3 is 0 Å². The fourth-order valence-electron chi connectivity index (χ4n) is 2.06. The molecule has 0 saturated heterocycles. The minimum absolute atomic E-state index is 0.0224. The van der Waals surface area contributed by atoms with Gasteiger partial charge in [0.1, 0.15) is 0 Å². The summed E-state index contributed by atoms with van der Waals surface area (Å²) in [5.74, 6) is 0.756. The molecule has 0 amide bonds. The lowest BCUT2D eigenvalue weighted by atomic mass is 9.66. The van der Waals surface area contributed by atoms with Crippen LogP contribution in [0.25, 0.3) is 0 Å². The van der Waals surface area contributed by atoms with E-state index in [0.717, 1.165) is 5.92 Å². The van der Waals surface area contributed by atoms with Gasteiger partial charge in [-0.2, -0.15) is 0 Å². The second-order valence-electron chi connectivity index (χ2n) is 6.32. The van der Waals surface area contributed by atoms with Crippen molar-refractivity contribution in [1.29, 1.82) is 0 Å². The van der Waals surface area contributed by atoms with Crippen LogP contribution in [0.1, 0.15) is 54.4 Å². The second-order valence-corrected chi connectivity index (χ2v) is 6.32. The minimum atomic E-state index is 0.0224. The minimum Gasteiger partial charge on any atom is -0.372 e. The molecule has 0 N–H and O–H groups in total. The van der Waals surface area contributed by atoms with E-state index < -0.39 is 0 Å². The van der Waals surface area contributed by atoms with Gasteiger partial charge in [0, 0.05) is 0 Å². The van der Waals surface area contributed by atoms with Crippen LogP contribution in [-0.4, -0.2) is 11.7 Å². The Labute approximate surface area is 82.9 Å². The lowest BCUT2D eigenvalue weighted by Crippen LogP contribution is -2.45. The van der Waals surface area contributed by atoms with E-state index in [4.69, 9.17) is 4.74 Å². The maximum atomic E-state index is 6.01. The molecule has 0 radical (unpaired) electrons. The van der Waals surface area contributed by atoms with Crippen molar-refractivity contribution in [1.82, 2.24) is 0 Å². The zero-order valence-electron chi connectivity index (χ0n) is 9.98. The average Bonchev–Trinajstić information content (AvgIpc) is 1.73. The molecule has 0 aromatic heterocycles. The van der Waals surface area contributed by atoms with Crippen molar-refractivity contribution in [2.75, 3.05) is 0 Å². The molecule has 13 heavy (non-hydrogen) atoms. The smallest absolute Gasteiger partial charge is 0.0615 e. The first-order chi connectivity index (χ1) is 5.70. The first-order valence-corrected chi connectivity index (χ1v) is 5.38. The van der Waals surface area contributed by atoms with E-state index in [1.165, 1.54) is 12.8 Å². The summed E-state index contributed by atoms with van der Waals surface area (Å²) in [6.45, 7) is 13.4. The SMILES string of the molecule is CC(C)(C)OC1CCC1C(C)(C)C. The molecule has 0 bridgehead atoms. The van der Waals surface area contributed by atoms with E-state index in [0.29, 0.717) is 11.5 Å². The fourth-order valence-corrected chi connectivity index (χ4v) is 2.06. The zero-order valence-corrected chi connectivity index (χ0v) is 9.98. The van der Waals surface area contributed by atoms with Crippen molar-refractivity contribution in [3.8, 4) is 0 Å². The van der Waals surface area contributed by atoms with Gasteiger partial charge in [-0.1, -0.05) is 20.8 Å². The highest BCUT2D eigenvalue weighted by Crippen LogP contribution is 2.44. The Morgan fingerprint density at radius 1 is 0.923 bits per heavy atom. The highest BCUT2D eigenvalue weighted by molar-refractivity contribution is 4.90. The van der Waals surface area contributed by atoms with E-state index in [1.54, 1.807) is 0 Å². The third-order valence-electron chi connectivity index (χ3n) is 2.83. The molecule has 0 heterocycles. The Bertz CT molecular complexity index is 171. The number of hydrogen-bond donors (Lipinski definition) is 0. The predicted molar refractivity (Wildman–Crippen MR) is 56.8 cm³/mol. The first-order valence-electron chi connectivity index (χ1n) is 5.38. The van der Waals surface area contributed by atoms with Crippen LogP contribution in [0, 0.1) is 11.3 Å². The largest absolute Gasteiger partial charge is 0.372 e. The summed E-state index contributed by atoms with van der Waals surface area (Å²) in [7, 11) is 0. The quantitative estimate of drug-likeness (QED) is 0.604. The van der Waals surface area contributed by atoms with Gasteiger partial charge in [0.25, 0.3) is 0 Å². The monoisotopic (exact) mass is 184 g/mol. The van der Waals surface area contributed by atoms with Crippen LogP contribution in [0.15, 0.2) is 0 Å². The summed E-state index contributed by atoms with van der Waals surface area (Å²) < 4.78 is 6.01. The molecule has 2 unspecified atom stereocenters. The topological polar surface area (TPSA) is 9.23 Å². The molecule has 0 aromatic rings. The highest BCUT2D eigenvalue weighted by Gasteiger charge is 2.41. The highest BCUT2D eigenvalue weighted by atomic mass is 16.5. The number of hydrogen-bond acceptors (Lipinski definition) is 1. The molecule has 1 nitrogen and oxygen atoms in total. The van der Waals surface area contributed by atoms with Gasteiger partial charge in [-0.05, 0) is 44.9 Å². The molecule has 78 valence electrons. The Kier molecular flexibility index (Phi) is 2.78. The van der Waals surface area contributed by atoms with Crippen molar-refractivity contribution >= 4 is 0 Å². The lowest BCUT2D eigenvalue weighted by molar-refractivity contribution is -0.148. The summed E-state index contributed by atoms with van der Waals surface area (Å²) in [5.41, 5.74) is 0.433. The Morgan fingerprint density at radius 2 is 1.46 bits per heavy atom. The maximum Gasteiger partial charge on any atom is 0.0615 e. The predicted octanol–water partition coefficient (Wildman–Crippen LogP) is 3.63. The van der Waals surface area contributed by atoms with Crippen LogP contribution in [0.3, 0.4) is 0 Å². The summed E-state index contributed by atoms with van der Waals surface area (Å²) >= 11 is 0. The van der Waals surface area contributed by atoms with E-state index in [-0.39, 0.29) is 5.60 Å². The normalized spacial score (nSPS) is 30.0. The van der Waals surface area contributed by atoms with Crippen LogP contribution in [0.4, 0.5) is 0 Å². The van der Waals surface area contributed by atoms with Crippen molar-refractivity contribution in [2.24, 2.45) is 11.3 Å². The van der Waals surface area contributed by atoms with Gasteiger partial charge in [-0.15, -0.1) is 0 Å². The average molecular weight is 184 g/mol. The number of rotatable bonds is 1. The molecular weight excluding hydrogens is 160 g/mol. The van der Waals surface area contributed by atoms with Gasteiger partial charge in [-0.25, -0.2) is 0 Å². The van der Waals surface area contributed by atoms with Crippen molar-refractivity contribution in [3.63, 3.8) is 0 Å². The molecule has 0 aromatic carbocycles. The molecule has 1 heteroatoms. The molecule has 2 atom stereocenters. The molecule has 0 aliphatic heterocycles. The van der Waals surface area contributed by atoms with Crippen molar-refractivity contribution in [3.05, 3.63) is 0 Å². The van der Waals surface area contributed by atoms with Crippen LogP contribution < -0.4 is 0 Å². The van der Waals surface area contributed by atoms with Crippen LogP contribution in [-0.2, 0) is 4.74 Å². The Balaban J connectivity index is 2.47.